The van der Waals surface area contributed by atoms with Crippen molar-refractivity contribution in [3.05, 3.63) is 48.5 Å². The third kappa shape index (κ3) is 1.71. The summed E-state index contributed by atoms with van der Waals surface area (Å²) in [7, 11) is 1.91. The van der Waals surface area contributed by atoms with Crippen LogP contribution in [0.15, 0.2) is 48.0 Å². The maximum Gasteiger partial charge on any atom is 0.181 e. The molecule has 0 radical (unpaired) electrons. The Labute approximate surface area is 97.5 Å². The van der Waals surface area contributed by atoms with Gasteiger partial charge >= 0.3 is 0 Å². The first-order chi connectivity index (χ1) is 8.34. The number of aromatic amines is 1. The summed E-state index contributed by atoms with van der Waals surface area (Å²) >= 11 is 0. The lowest BCUT2D eigenvalue weighted by atomic mass is 10.3. The lowest BCUT2D eigenvalue weighted by Gasteiger charge is -1.98. The van der Waals surface area contributed by atoms with Crippen molar-refractivity contribution in [1.29, 1.82) is 0 Å². The van der Waals surface area contributed by atoms with E-state index in [9.17, 15) is 0 Å². The number of rotatable bonds is 1. The highest BCUT2D eigenvalue weighted by Crippen LogP contribution is 2.09. The number of nitrogens with one attached hydrogen (secondary N) is 1. The molecule has 0 saturated carbocycles. The van der Waals surface area contributed by atoms with Crippen LogP contribution >= 0.6 is 0 Å². The Bertz CT molecular complexity index is 708. The average molecular weight is 225 g/mol. The molecule has 3 rings (SSSR count). The molecule has 0 amide bonds. The predicted octanol–water partition coefficient (Wildman–Crippen LogP) is 1.53. The van der Waals surface area contributed by atoms with Gasteiger partial charge in [-0.05, 0) is 12.1 Å². The van der Waals surface area contributed by atoms with Crippen molar-refractivity contribution in [1.82, 2.24) is 19.5 Å². The number of benzene rings is 1. The van der Waals surface area contributed by atoms with Crippen LogP contribution in [0.2, 0.25) is 0 Å². The molecule has 0 aliphatic heterocycles. The van der Waals surface area contributed by atoms with Crippen molar-refractivity contribution in [3.8, 4) is 0 Å². The molecule has 17 heavy (non-hydrogen) atoms. The van der Waals surface area contributed by atoms with Gasteiger partial charge < -0.3 is 9.55 Å². The summed E-state index contributed by atoms with van der Waals surface area (Å²) in [6.45, 7) is 0. The number of hydrogen-bond acceptors (Lipinski definition) is 3. The molecule has 0 spiro atoms. The van der Waals surface area contributed by atoms with Gasteiger partial charge in [-0.1, -0.05) is 18.2 Å². The Morgan fingerprint density at radius 3 is 2.82 bits per heavy atom. The van der Waals surface area contributed by atoms with Gasteiger partial charge in [-0.15, -0.1) is 0 Å². The summed E-state index contributed by atoms with van der Waals surface area (Å²) in [5.74, 6) is 0. The molecule has 5 nitrogen and oxygen atoms in total. The lowest BCUT2D eigenvalue weighted by molar-refractivity contribution is 0.881. The van der Waals surface area contributed by atoms with Crippen LogP contribution < -0.4 is 5.49 Å². The quantitative estimate of drug-likeness (QED) is 0.682. The number of nitrogens with zero attached hydrogens (tertiary/aromatic N) is 4. The zero-order valence-electron chi connectivity index (χ0n) is 9.33. The van der Waals surface area contributed by atoms with Crippen LogP contribution in [0.1, 0.15) is 0 Å². The highest BCUT2D eigenvalue weighted by molar-refractivity contribution is 5.68. The van der Waals surface area contributed by atoms with Gasteiger partial charge in [0.1, 0.15) is 5.52 Å². The summed E-state index contributed by atoms with van der Waals surface area (Å²) in [6.07, 6.45) is 3.36. The zero-order valence-corrected chi connectivity index (χ0v) is 9.33. The van der Waals surface area contributed by atoms with E-state index in [4.69, 9.17) is 0 Å². The van der Waals surface area contributed by atoms with E-state index in [-0.39, 0.29) is 0 Å². The second-order valence-electron chi connectivity index (χ2n) is 3.73. The predicted molar refractivity (Wildman–Crippen MR) is 64.5 cm³/mol. The van der Waals surface area contributed by atoms with E-state index in [2.05, 4.69) is 19.9 Å². The Morgan fingerprint density at radius 1 is 1.18 bits per heavy atom. The van der Waals surface area contributed by atoms with Crippen LogP contribution in [-0.2, 0) is 7.05 Å². The number of H-pyrrole nitrogens is 1. The molecule has 84 valence electrons. The third-order valence-corrected chi connectivity index (χ3v) is 2.52. The highest BCUT2D eigenvalue weighted by atomic mass is 15.1. The number of aryl methyl sites for hydroxylation is 1. The monoisotopic (exact) mass is 225 g/mol. The van der Waals surface area contributed by atoms with Crippen molar-refractivity contribution in [2.45, 2.75) is 0 Å². The van der Waals surface area contributed by atoms with Crippen LogP contribution in [0.4, 0.5) is 5.69 Å². The SMILES string of the molecule is Cn1cnc(=Nc2ccccc2)c2[nH]cnc21. The van der Waals surface area contributed by atoms with Gasteiger partial charge in [0.05, 0.1) is 18.3 Å². The van der Waals surface area contributed by atoms with E-state index < -0.39 is 0 Å². The summed E-state index contributed by atoms with van der Waals surface area (Å²) in [6, 6.07) is 9.74. The molecule has 2 aromatic heterocycles. The Morgan fingerprint density at radius 2 is 2.00 bits per heavy atom. The summed E-state index contributed by atoms with van der Waals surface area (Å²) in [4.78, 5) is 16.1. The second-order valence-corrected chi connectivity index (χ2v) is 3.73. The van der Waals surface area contributed by atoms with Crippen LogP contribution in [0.5, 0.6) is 0 Å². The van der Waals surface area contributed by atoms with E-state index in [1.165, 1.54) is 0 Å². The fourth-order valence-corrected chi connectivity index (χ4v) is 1.69. The van der Waals surface area contributed by atoms with Crippen LogP contribution in [0.3, 0.4) is 0 Å². The first kappa shape index (κ1) is 9.77. The molecule has 0 saturated heterocycles. The number of aromatic nitrogens is 4. The molecule has 0 atom stereocenters. The summed E-state index contributed by atoms with van der Waals surface area (Å²) in [5, 5.41) is 0. The minimum atomic E-state index is 0.654. The normalized spacial score (nSPS) is 12.2. The fourth-order valence-electron chi connectivity index (χ4n) is 1.69. The molecule has 0 bridgehead atoms. The standard InChI is InChI=1S/C12H11N5/c1-17-8-15-11(10-12(17)14-7-13-10)16-9-5-3-2-4-6-9/h2-8H,1H3,(H,13,14). The number of para-hydroxylation sites is 1. The summed E-state index contributed by atoms with van der Waals surface area (Å²) < 4.78 is 1.86. The van der Waals surface area contributed by atoms with Crippen molar-refractivity contribution in [3.63, 3.8) is 0 Å². The number of imidazole rings is 1. The minimum absolute atomic E-state index is 0.654. The van der Waals surface area contributed by atoms with Crippen molar-refractivity contribution >= 4 is 16.9 Å². The third-order valence-electron chi connectivity index (χ3n) is 2.52. The van der Waals surface area contributed by atoms with Crippen molar-refractivity contribution in [2.75, 3.05) is 0 Å². The van der Waals surface area contributed by atoms with Gasteiger partial charge in [-0.2, -0.15) is 0 Å². The minimum Gasteiger partial charge on any atom is -0.340 e. The topological polar surface area (TPSA) is 58.9 Å². The maximum atomic E-state index is 4.49. The molecule has 3 aromatic rings. The van der Waals surface area contributed by atoms with Gasteiger partial charge in [0, 0.05) is 7.05 Å². The first-order valence-electron chi connectivity index (χ1n) is 5.29. The number of fused-ring (bicyclic) bond motifs is 1. The first-order valence-corrected chi connectivity index (χ1v) is 5.29. The summed E-state index contributed by atoms with van der Waals surface area (Å²) in [5.41, 5.74) is 3.22. The van der Waals surface area contributed by atoms with Crippen molar-refractivity contribution < 1.29 is 0 Å². The Balaban J connectivity index is 2.28. The van der Waals surface area contributed by atoms with E-state index in [1.807, 2.05) is 41.9 Å². The molecule has 5 heteroatoms. The zero-order chi connectivity index (χ0) is 11.7. The van der Waals surface area contributed by atoms with Crippen molar-refractivity contribution in [2.24, 2.45) is 12.0 Å². The molecule has 0 aliphatic rings. The van der Waals surface area contributed by atoms with E-state index >= 15 is 0 Å². The number of hydrogen-bond donors (Lipinski definition) is 1. The Hall–Kier alpha value is -2.43. The second kappa shape index (κ2) is 3.86. The molecule has 0 unspecified atom stereocenters. The fraction of sp³-hybridized carbons (Fsp3) is 0.0833. The Kier molecular flexibility index (Phi) is 2.22. The van der Waals surface area contributed by atoms with Gasteiger partial charge in [0.25, 0.3) is 0 Å². The van der Waals surface area contributed by atoms with E-state index in [0.29, 0.717) is 5.49 Å². The molecule has 2 heterocycles. The molecule has 0 fully saturated rings. The molecular weight excluding hydrogens is 214 g/mol. The largest absolute Gasteiger partial charge is 0.340 e. The van der Waals surface area contributed by atoms with Gasteiger partial charge in [-0.25, -0.2) is 15.0 Å². The smallest absolute Gasteiger partial charge is 0.181 e. The van der Waals surface area contributed by atoms with Gasteiger partial charge in [-0.3, -0.25) is 0 Å². The van der Waals surface area contributed by atoms with Crippen LogP contribution in [0.25, 0.3) is 11.2 Å². The molecule has 1 N–H and O–H groups in total. The lowest BCUT2D eigenvalue weighted by Crippen LogP contribution is -2.12. The van der Waals surface area contributed by atoms with E-state index in [1.54, 1.807) is 12.7 Å². The molecule has 0 aliphatic carbocycles. The molecule has 1 aromatic carbocycles. The van der Waals surface area contributed by atoms with Crippen LogP contribution in [-0.4, -0.2) is 19.5 Å². The maximum absolute atomic E-state index is 4.49. The molecular formula is C12H11N5. The van der Waals surface area contributed by atoms with Gasteiger partial charge in [0.15, 0.2) is 11.1 Å². The van der Waals surface area contributed by atoms with E-state index in [0.717, 1.165) is 16.9 Å². The van der Waals surface area contributed by atoms with Crippen LogP contribution in [0, 0.1) is 0 Å². The highest BCUT2D eigenvalue weighted by Gasteiger charge is 2.01. The average Bonchev–Trinajstić information content (AvgIpc) is 2.84. The van der Waals surface area contributed by atoms with Gasteiger partial charge in [0.2, 0.25) is 0 Å².